The normalized spacial score (nSPS) is 11.1. The van der Waals surface area contributed by atoms with Gasteiger partial charge in [0.25, 0.3) is 0 Å². The number of nitriles is 1. The number of allylic oxidation sites excluding steroid dienone is 1. The molecule has 0 atom stereocenters. The first-order valence-corrected chi connectivity index (χ1v) is 5.19. The summed E-state index contributed by atoms with van der Waals surface area (Å²) in [6, 6.07) is 7.24. The van der Waals surface area contributed by atoms with Gasteiger partial charge in [0.05, 0.1) is 11.1 Å². The van der Waals surface area contributed by atoms with E-state index in [9.17, 15) is 0 Å². The maximum absolute atomic E-state index is 8.41. The van der Waals surface area contributed by atoms with Gasteiger partial charge in [-0.15, -0.1) is 0 Å². The molecular weight excluding hydrogens is 320 g/mol. The summed E-state index contributed by atoms with van der Waals surface area (Å²) in [5, 5.41) is 9.43. The molecule has 1 aromatic rings. The predicted molar refractivity (Wildman–Crippen MR) is 63.6 cm³/mol. The molecule has 0 N–H and O–H groups in total. The zero-order valence-corrected chi connectivity index (χ0v) is 10.1. The average molecular weight is 324 g/mol. The fraction of sp³-hybridized carbons (Fsp3) is 0. The summed E-state index contributed by atoms with van der Waals surface area (Å²) in [5.74, 6) is 0. The van der Waals surface area contributed by atoms with Gasteiger partial charge in [0.2, 0.25) is 0 Å². The van der Waals surface area contributed by atoms with Crippen LogP contribution in [0.2, 0.25) is 5.02 Å². The molecule has 0 saturated heterocycles. The van der Waals surface area contributed by atoms with Crippen LogP contribution in [0.4, 0.5) is 0 Å². The van der Waals surface area contributed by atoms with Crippen LogP contribution in [0.3, 0.4) is 0 Å². The number of nitrogens with zero attached hydrogens (tertiary/aromatic N) is 1. The van der Waals surface area contributed by atoms with Gasteiger partial charge in [-0.3, -0.25) is 0 Å². The molecule has 0 bridgehead atoms. The van der Waals surface area contributed by atoms with E-state index in [1.807, 2.05) is 12.1 Å². The number of benzene rings is 1. The summed E-state index contributed by atoms with van der Waals surface area (Å²) in [6.45, 7) is 0. The second kappa shape index (κ2) is 4.85. The van der Waals surface area contributed by atoms with E-state index in [0.717, 1.165) is 9.13 Å². The highest BCUT2D eigenvalue weighted by Crippen LogP contribution is 2.26. The fourth-order valence-corrected chi connectivity index (χ4v) is 1.98. The van der Waals surface area contributed by atoms with Gasteiger partial charge in [0.15, 0.2) is 0 Å². The minimum absolute atomic E-state index is 0.411. The van der Waals surface area contributed by atoms with E-state index < -0.39 is 0 Å². The topological polar surface area (TPSA) is 23.8 Å². The molecule has 0 amide bonds. The van der Waals surface area contributed by atoms with E-state index in [0.29, 0.717) is 10.1 Å². The van der Waals surface area contributed by atoms with Gasteiger partial charge in [-0.25, -0.2) is 0 Å². The minimum Gasteiger partial charge on any atom is -0.193 e. The third-order valence-corrected chi connectivity index (χ3v) is 2.87. The van der Waals surface area contributed by atoms with Gasteiger partial charge >= 0.3 is 0 Å². The SMILES string of the molecule is N#C/C=C(/Cl)c1cc(Cl)ccc1I. The number of halogens is 3. The quantitative estimate of drug-likeness (QED) is 0.565. The molecule has 0 unspecified atom stereocenters. The first kappa shape index (κ1) is 10.8. The van der Waals surface area contributed by atoms with Crippen LogP contribution in [0, 0.1) is 14.9 Å². The Kier molecular flexibility index (Phi) is 4.04. The van der Waals surface area contributed by atoms with Crippen molar-refractivity contribution in [3.63, 3.8) is 0 Å². The average Bonchev–Trinajstić information content (AvgIpc) is 2.09. The highest BCUT2D eigenvalue weighted by atomic mass is 127. The number of rotatable bonds is 1. The molecule has 13 heavy (non-hydrogen) atoms. The lowest BCUT2D eigenvalue weighted by Gasteiger charge is -2.01. The van der Waals surface area contributed by atoms with E-state index in [1.165, 1.54) is 6.08 Å². The van der Waals surface area contributed by atoms with Crippen molar-refractivity contribution in [3.05, 3.63) is 38.4 Å². The Morgan fingerprint density at radius 1 is 1.54 bits per heavy atom. The molecule has 4 heteroatoms. The van der Waals surface area contributed by atoms with Crippen molar-refractivity contribution in [2.24, 2.45) is 0 Å². The van der Waals surface area contributed by atoms with E-state index in [1.54, 1.807) is 12.1 Å². The third kappa shape index (κ3) is 2.87. The van der Waals surface area contributed by atoms with Crippen molar-refractivity contribution < 1.29 is 0 Å². The Balaban J connectivity index is 3.22. The van der Waals surface area contributed by atoms with Gasteiger partial charge in [-0.05, 0) is 40.8 Å². The van der Waals surface area contributed by atoms with Crippen LogP contribution in [0.5, 0.6) is 0 Å². The van der Waals surface area contributed by atoms with Gasteiger partial charge in [0.1, 0.15) is 0 Å². The molecule has 1 nitrogen and oxygen atoms in total. The summed E-state index contributed by atoms with van der Waals surface area (Å²) >= 11 is 13.8. The lowest BCUT2D eigenvalue weighted by atomic mass is 10.2. The summed E-state index contributed by atoms with van der Waals surface area (Å²) in [5.41, 5.74) is 0.788. The van der Waals surface area contributed by atoms with E-state index in [2.05, 4.69) is 22.6 Å². The van der Waals surface area contributed by atoms with E-state index in [-0.39, 0.29) is 0 Å². The molecule has 0 spiro atoms. The molecule has 0 aliphatic rings. The van der Waals surface area contributed by atoms with Gasteiger partial charge in [0, 0.05) is 20.2 Å². The van der Waals surface area contributed by atoms with Crippen LogP contribution in [0.15, 0.2) is 24.3 Å². The van der Waals surface area contributed by atoms with Crippen molar-refractivity contribution in [3.8, 4) is 6.07 Å². The molecular formula is C9H4Cl2IN. The highest BCUT2D eigenvalue weighted by molar-refractivity contribution is 14.1. The molecule has 0 aliphatic heterocycles. The molecule has 1 aromatic carbocycles. The monoisotopic (exact) mass is 323 g/mol. The zero-order chi connectivity index (χ0) is 9.84. The molecule has 0 fully saturated rings. The van der Waals surface area contributed by atoms with E-state index in [4.69, 9.17) is 28.5 Å². The predicted octanol–water partition coefficient (Wildman–Crippen LogP) is 4.05. The Bertz CT molecular complexity index is 393. The largest absolute Gasteiger partial charge is 0.193 e. The Labute approximate surface area is 100 Å². The van der Waals surface area contributed by atoms with Crippen LogP contribution in [0.25, 0.3) is 5.03 Å². The summed E-state index contributed by atoms with van der Waals surface area (Å²) in [7, 11) is 0. The second-order valence-electron chi connectivity index (χ2n) is 2.25. The summed E-state index contributed by atoms with van der Waals surface area (Å²) in [4.78, 5) is 0. The second-order valence-corrected chi connectivity index (χ2v) is 4.25. The van der Waals surface area contributed by atoms with Crippen molar-refractivity contribution >= 4 is 50.8 Å². The molecule has 66 valence electrons. The lowest BCUT2D eigenvalue weighted by Crippen LogP contribution is -1.82. The Morgan fingerprint density at radius 2 is 2.23 bits per heavy atom. The van der Waals surface area contributed by atoms with Crippen molar-refractivity contribution in [2.45, 2.75) is 0 Å². The standard InChI is InChI=1S/C9H4Cl2IN/c10-6-1-2-9(12)7(5-6)8(11)3-4-13/h1-3,5H/b8-3+. The maximum atomic E-state index is 8.41. The first-order valence-electron chi connectivity index (χ1n) is 3.36. The van der Waals surface area contributed by atoms with Crippen LogP contribution < -0.4 is 0 Å². The number of hydrogen-bond donors (Lipinski definition) is 0. The molecule has 0 heterocycles. The van der Waals surface area contributed by atoms with Crippen LogP contribution in [-0.4, -0.2) is 0 Å². The lowest BCUT2D eigenvalue weighted by molar-refractivity contribution is 1.53. The van der Waals surface area contributed by atoms with Crippen LogP contribution in [0.1, 0.15) is 5.56 Å². The summed E-state index contributed by atoms with van der Waals surface area (Å²) < 4.78 is 0.971. The molecule has 0 saturated carbocycles. The van der Waals surface area contributed by atoms with Crippen LogP contribution in [-0.2, 0) is 0 Å². The Hall–Kier alpha value is -0.240. The van der Waals surface area contributed by atoms with Crippen molar-refractivity contribution in [2.75, 3.05) is 0 Å². The van der Waals surface area contributed by atoms with Gasteiger partial charge in [-0.2, -0.15) is 5.26 Å². The smallest absolute Gasteiger partial charge is 0.0927 e. The van der Waals surface area contributed by atoms with Gasteiger partial charge < -0.3 is 0 Å². The van der Waals surface area contributed by atoms with Crippen LogP contribution >= 0.6 is 45.8 Å². The third-order valence-electron chi connectivity index (χ3n) is 1.38. The Morgan fingerprint density at radius 3 is 2.85 bits per heavy atom. The summed E-state index contributed by atoms with van der Waals surface area (Å²) in [6.07, 6.45) is 1.29. The highest BCUT2D eigenvalue weighted by Gasteiger charge is 2.03. The molecule has 1 rings (SSSR count). The minimum atomic E-state index is 0.411. The zero-order valence-electron chi connectivity index (χ0n) is 6.39. The van der Waals surface area contributed by atoms with Crippen molar-refractivity contribution in [1.29, 1.82) is 5.26 Å². The number of hydrogen-bond acceptors (Lipinski definition) is 1. The first-order chi connectivity index (χ1) is 6.15. The van der Waals surface area contributed by atoms with Crippen molar-refractivity contribution in [1.82, 2.24) is 0 Å². The molecule has 0 aliphatic carbocycles. The molecule has 0 radical (unpaired) electrons. The molecule has 0 aromatic heterocycles. The fourth-order valence-electron chi connectivity index (χ4n) is 0.815. The van der Waals surface area contributed by atoms with Gasteiger partial charge in [-0.1, -0.05) is 23.2 Å². The van der Waals surface area contributed by atoms with E-state index >= 15 is 0 Å². The maximum Gasteiger partial charge on any atom is 0.0927 e.